The van der Waals surface area contributed by atoms with Gasteiger partial charge in [0.1, 0.15) is 25.6 Å². The van der Waals surface area contributed by atoms with Crippen molar-refractivity contribution in [2.24, 2.45) is 7.05 Å². The molecule has 0 aliphatic carbocycles. The number of rotatable bonds is 6. The van der Waals surface area contributed by atoms with Crippen molar-refractivity contribution in [2.75, 3.05) is 29.4 Å². The molecule has 1 aliphatic heterocycles. The van der Waals surface area contributed by atoms with Crippen LogP contribution in [-0.2, 0) is 21.9 Å². The number of carbonyl (C=O) groups excluding carboxylic acids is 1. The topological polar surface area (TPSA) is 107 Å². The fourth-order valence-electron chi connectivity index (χ4n) is 3.78. The SMILES string of the molecule is Cn1c(=O)sc2cc(NC(=O)CN(c3ccc(F)cc3)S(=O)(=O)c3ccc4c(c3)OCCO4)ccc21. The van der Waals surface area contributed by atoms with Crippen LogP contribution in [0.15, 0.2) is 70.4 Å². The van der Waals surface area contributed by atoms with Crippen molar-refractivity contribution in [3.8, 4) is 11.5 Å². The molecule has 1 N–H and O–H groups in total. The summed E-state index contributed by atoms with van der Waals surface area (Å²) < 4.78 is 54.9. The van der Waals surface area contributed by atoms with Gasteiger partial charge in [0.2, 0.25) is 5.91 Å². The smallest absolute Gasteiger partial charge is 0.307 e. The maximum Gasteiger partial charge on any atom is 0.307 e. The Balaban J connectivity index is 1.46. The fourth-order valence-corrected chi connectivity index (χ4v) is 6.13. The van der Waals surface area contributed by atoms with Crippen LogP contribution in [-0.4, -0.2) is 38.7 Å². The zero-order valence-electron chi connectivity index (χ0n) is 18.9. The van der Waals surface area contributed by atoms with Gasteiger partial charge in [0, 0.05) is 18.8 Å². The van der Waals surface area contributed by atoms with E-state index in [-0.39, 0.29) is 27.8 Å². The second-order valence-electron chi connectivity index (χ2n) is 7.95. The van der Waals surface area contributed by atoms with Crippen LogP contribution in [0.4, 0.5) is 15.8 Å². The van der Waals surface area contributed by atoms with E-state index in [9.17, 15) is 22.4 Å². The molecule has 0 saturated carbocycles. The van der Waals surface area contributed by atoms with Gasteiger partial charge in [-0.15, -0.1) is 0 Å². The van der Waals surface area contributed by atoms with Crippen LogP contribution in [0.3, 0.4) is 0 Å². The number of fused-ring (bicyclic) bond motifs is 2. The molecule has 0 unspecified atom stereocenters. The van der Waals surface area contributed by atoms with Crippen molar-refractivity contribution in [3.05, 3.63) is 76.1 Å². The molecule has 0 spiro atoms. The Kier molecular flexibility index (Phi) is 6.14. The van der Waals surface area contributed by atoms with E-state index in [4.69, 9.17) is 9.47 Å². The summed E-state index contributed by atoms with van der Waals surface area (Å²) in [6.07, 6.45) is 0. The molecule has 0 saturated heterocycles. The summed E-state index contributed by atoms with van der Waals surface area (Å²) >= 11 is 1.04. The van der Waals surface area contributed by atoms with E-state index in [0.29, 0.717) is 22.7 Å². The van der Waals surface area contributed by atoms with Crippen molar-refractivity contribution in [1.29, 1.82) is 0 Å². The number of aromatic nitrogens is 1. The van der Waals surface area contributed by atoms with Gasteiger partial charge in [-0.3, -0.25) is 13.9 Å². The molecule has 1 amide bonds. The number of thiazole rings is 1. The lowest BCUT2D eigenvalue weighted by atomic mass is 10.3. The van der Waals surface area contributed by atoms with E-state index >= 15 is 0 Å². The minimum atomic E-state index is -4.25. The van der Waals surface area contributed by atoms with Gasteiger partial charge >= 0.3 is 4.87 Å². The molecular weight excluding hydrogens is 509 g/mol. The largest absolute Gasteiger partial charge is 0.486 e. The average molecular weight is 530 g/mol. The molecule has 0 fully saturated rings. The molecule has 36 heavy (non-hydrogen) atoms. The summed E-state index contributed by atoms with van der Waals surface area (Å²) in [5.74, 6) is -0.469. The first-order valence-corrected chi connectivity index (χ1v) is 13.1. The number of nitrogens with one attached hydrogen (secondary N) is 1. The summed E-state index contributed by atoms with van der Waals surface area (Å²) in [5, 5.41) is 2.68. The summed E-state index contributed by atoms with van der Waals surface area (Å²) in [5.41, 5.74) is 1.24. The zero-order chi connectivity index (χ0) is 25.4. The van der Waals surface area contributed by atoms with Gasteiger partial charge in [-0.2, -0.15) is 0 Å². The molecule has 186 valence electrons. The standard InChI is InChI=1S/C24H20FN3O6S2/c1-27-19-8-4-16(12-22(19)35-24(27)30)26-23(29)14-28(17-5-2-15(25)3-6-17)36(31,32)18-7-9-20-21(13-18)34-11-10-33-20/h2-9,12-13H,10-11,14H2,1H3,(H,26,29). The Morgan fingerprint density at radius 3 is 2.53 bits per heavy atom. The molecule has 3 aromatic carbocycles. The third kappa shape index (κ3) is 4.52. The minimum absolute atomic E-state index is 0.109. The van der Waals surface area contributed by atoms with Crippen LogP contribution in [0.1, 0.15) is 0 Å². The molecule has 0 radical (unpaired) electrons. The van der Waals surface area contributed by atoms with Crippen LogP contribution in [0.25, 0.3) is 10.2 Å². The first-order valence-electron chi connectivity index (χ1n) is 10.8. The Hall–Kier alpha value is -3.90. The molecule has 2 heterocycles. The van der Waals surface area contributed by atoms with Gasteiger partial charge in [0.15, 0.2) is 11.5 Å². The zero-order valence-corrected chi connectivity index (χ0v) is 20.6. The van der Waals surface area contributed by atoms with E-state index in [1.54, 1.807) is 25.2 Å². The maximum atomic E-state index is 13.6. The van der Waals surface area contributed by atoms with Gasteiger partial charge in [0.25, 0.3) is 10.0 Å². The molecule has 4 aromatic rings. The van der Waals surface area contributed by atoms with E-state index in [1.807, 2.05) is 0 Å². The molecule has 1 aromatic heterocycles. The number of aryl methyl sites for hydroxylation is 1. The highest BCUT2D eigenvalue weighted by Crippen LogP contribution is 2.34. The van der Waals surface area contributed by atoms with Gasteiger partial charge in [-0.05, 0) is 54.6 Å². The van der Waals surface area contributed by atoms with Crippen molar-refractivity contribution in [1.82, 2.24) is 4.57 Å². The first kappa shape index (κ1) is 23.8. The van der Waals surface area contributed by atoms with Gasteiger partial charge in [-0.1, -0.05) is 11.3 Å². The number of benzene rings is 3. The van der Waals surface area contributed by atoms with Gasteiger partial charge in [-0.25, -0.2) is 12.8 Å². The van der Waals surface area contributed by atoms with Gasteiger partial charge in [0.05, 0.1) is 20.8 Å². The Labute approximate surface area is 209 Å². The summed E-state index contributed by atoms with van der Waals surface area (Å²) in [6.45, 7) is 0.0547. The second-order valence-corrected chi connectivity index (χ2v) is 10.8. The number of halogens is 1. The molecule has 12 heteroatoms. The van der Waals surface area contributed by atoms with Crippen LogP contribution in [0.2, 0.25) is 0 Å². The molecule has 9 nitrogen and oxygen atoms in total. The third-order valence-electron chi connectivity index (χ3n) is 5.58. The van der Waals surface area contributed by atoms with E-state index in [2.05, 4.69) is 5.32 Å². The second kappa shape index (κ2) is 9.28. The van der Waals surface area contributed by atoms with Crippen LogP contribution >= 0.6 is 11.3 Å². The highest BCUT2D eigenvalue weighted by Gasteiger charge is 2.29. The average Bonchev–Trinajstić information content (AvgIpc) is 3.15. The monoisotopic (exact) mass is 529 g/mol. The minimum Gasteiger partial charge on any atom is -0.486 e. The van der Waals surface area contributed by atoms with Gasteiger partial charge < -0.3 is 19.4 Å². The maximum absolute atomic E-state index is 13.6. The highest BCUT2D eigenvalue weighted by atomic mass is 32.2. The lowest BCUT2D eigenvalue weighted by Gasteiger charge is -2.25. The predicted molar refractivity (Wildman–Crippen MR) is 134 cm³/mol. The summed E-state index contributed by atoms with van der Waals surface area (Å²) in [7, 11) is -2.60. The summed E-state index contributed by atoms with van der Waals surface area (Å²) in [6, 6.07) is 14.0. The lowest BCUT2D eigenvalue weighted by Crippen LogP contribution is -2.38. The lowest BCUT2D eigenvalue weighted by molar-refractivity contribution is -0.114. The molecule has 0 bridgehead atoms. The third-order valence-corrected chi connectivity index (χ3v) is 8.34. The Bertz CT molecular complexity index is 1630. The van der Waals surface area contributed by atoms with Crippen LogP contribution < -0.4 is 24.0 Å². The van der Waals surface area contributed by atoms with Crippen molar-refractivity contribution < 1.29 is 27.1 Å². The number of hydrogen-bond acceptors (Lipinski definition) is 7. The number of sulfonamides is 1. The number of amides is 1. The fraction of sp³-hybridized carbons (Fsp3) is 0.167. The molecule has 0 atom stereocenters. The number of ether oxygens (including phenoxy) is 2. The van der Waals surface area contributed by atoms with Crippen molar-refractivity contribution >= 4 is 48.9 Å². The molecule has 5 rings (SSSR count). The number of carbonyl (C=O) groups is 1. The van der Waals surface area contributed by atoms with Crippen molar-refractivity contribution in [2.45, 2.75) is 4.90 Å². The van der Waals surface area contributed by atoms with Crippen LogP contribution in [0.5, 0.6) is 11.5 Å². The number of hydrogen-bond donors (Lipinski definition) is 1. The quantitative estimate of drug-likeness (QED) is 0.411. The first-order chi connectivity index (χ1) is 17.2. The Morgan fingerprint density at radius 1 is 1.06 bits per heavy atom. The number of nitrogens with zero attached hydrogens (tertiary/aromatic N) is 2. The molecule has 1 aliphatic rings. The highest BCUT2D eigenvalue weighted by molar-refractivity contribution is 7.92. The molecular formula is C24H20FN3O6S2. The van der Waals surface area contributed by atoms with E-state index in [1.165, 1.54) is 34.9 Å². The van der Waals surface area contributed by atoms with Crippen LogP contribution in [0, 0.1) is 5.82 Å². The van der Waals surface area contributed by atoms with E-state index < -0.39 is 28.3 Å². The van der Waals surface area contributed by atoms with Crippen molar-refractivity contribution in [3.63, 3.8) is 0 Å². The normalized spacial score (nSPS) is 12.9. The summed E-state index contributed by atoms with van der Waals surface area (Å²) in [4.78, 5) is 24.6. The Morgan fingerprint density at radius 2 is 1.78 bits per heavy atom. The number of anilines is 2. The predicted octanol–water partition coefficient (Wildman–Crippen LogP) is 3.34. The van der Waals surface area contributed by atoms with E-state index in [0.717, 1.165) is 33.3 Å².